The molecule has 5 nitrogen and oxygen atoms in total. The van der Waals surface area contributed by atoms with Gasteiger partial charge in [-0.3, -0.25) is 0 Å². The molecule has 7 heteroatoms. The van der Waals surface area contributed by atoms with Crippen LogP contribution in [-0.4, -0.2) is 20.2 Å². The topological polar surface area (TPSA) is 55.6 Å². The lowest BCUT2D eigenvalue weighted by atomic mass is 9.93. The normalized spacial score (nSPS) is 19.9. The van der Waals surface area contributed by atoms with E-state index in [0.717, 1.165) is 22.0 Å². The van der Waals surface area contributed by atoms with Gasteiger partial charge in [0, 0.05) is 4.47 Å². The smallest absolute Gasteiger partial charge is 0.243 e. The maximum Gasteiger partial charge on any atom is 0.243 e. The molecule has 0 aliphatic carbocycles. The van der Waals surface area contributed by atoms with Crippen LogP contribution < -0.4 is 5.32 Å². The van der Waals surface area contributed by atoms with Gasteiger partial charge in [0.25, 0.3) is 0 Å². The maximum atomic E-state index is 13.7. The minimum Gasteiger partial charge on any atom is -0.346 e. The third-order valence-corrected chi connectivity index (χ3v) is 4.48. The second-order valence-electron chi connectivity index (χ2n) is 5.51. The van der Waals surface area contributed by atoms with Gasteiger partial charge in [0.2, 0.25) is 5.95 Å². The van der Waals surface area contributed by atoms with Crippen molar-refractivity contribution >= 4 is 21.9 Å². The van der Waals surface area contributed by atoms with Crippen LogP contribution in [0.25, 0.3) is 0 Å². The van der Waals surface area contributed by atoms with E-state index < -0.39 is 0 Å². The average molecular weight is 374 g/mol. The molecule has 2 aromatic carbocycles. The first kappa shape index (κ1) is 14.3. The van der Waals surface area contributed by atoms with Gasteiger partial charge >= 0.3 is 0 Å². The maximum absolute atomic E-state index is 13.7. The van der Waals surface area contributed by atoms with E-state index in [0.29, 0.717) is 5.95 Å². The highest BCUT2D eigenvalue weighted by molar-refractivity contribution is 9.10. The van der Waals surface area contributed by atoms with Crippen LogP contribution in [-0.2, 0) is 0 Å². The van der Waals surface area contributed by atoms with Crippen LogP contribution in [0, 0.1) is 5.82 Å². The second-order valence-corrected chi connectivity index (χ2v) is 6.42. The molecule has 2 heterocycles. The summed E-state index contributed by atoms with van der Waals surface area (Å²) in [6, 6.07) is 14.9. The van der Waals surface area contributed by atoms with Crippen LogP contribution >= 0.6 is 15.9 Å². The third-order valence-electron chi connectivity index (χ3n) is 4.02. The summed E-state index contributed by atoms with van der Waals surface area (Å²) in [7, 11) is 0. The molecule has 0 saturated carbocycles. The fourth-order valence-electron chi connectivity index (χ4n) is 2.98. The average Bonchev–Trinajstić information content (AvgIpc) is 3.02. The zero-order valence-electron chi connectivity index (χ0n) is 12.0. The zero-order chi connectivity index (χ0) is 15.8. The van der Waals surface area contributed by atoms with Crippen molar-refractivity contribution in [3.05, 3.63) is 69.9 Å². The second kappa shape index (κ2) is 5.73. The Bertz CT molecular complexity index is 815. The fourth-order valence-corrected chi connectivity index (χ4v) is 3.47. The van der Waals surface area contributed by atoms with Crippen LogP contribution in [0.3, 0.4) is 0 Å². The number of aromatic nitrogens is 4. The molecule has 4 rings (SSSR count). The summed E-state index contributed by atoms with van der Waals surface area (Å²) in [6.45, 7) is 0. The molecule has 2 atom stereocenters. The first-order valence-corrected chi connectivity index (χ1v) is 8.05. The number of nitrogens with one attached hydrogen (secondary N) is 1. The number of tetrazole rings is 1. The van der Waals surface area contributed by atoms with Crippen molar-refractivity contribution in [1.82, 2.24) is 20.2 Å². The van der Waals surface area contributed by atoms with Crippen molar-refractivity contribution in [3.63, 3.8) is 0 Å². The molecule has 1 aromatic heterocycles. The summed E-state index contributed by atoms with van der Waals surface area (Å²) in [5, 5.41) is 15.2. The third kappa shape index (κ3) is 2.72. The molecule has 0 amide bonds. The van der Waals surface area contributed by atoms with E-state index in [9.17, 15) is 4.39 Å². The molecule has 3 aromatic rings. The number of nitrogens with zero attached hydrogens (tertiary/aromatic N) is 4. The van der Waals surface area contributed by atoms with Crippen molar-refractivity contribution in [3.8, 4) is 0 Å². The van der Waals surface area contributed by atoms with Crippen molar-refractivity contribution in [2.45, 2.75) is 18.5 Å². The largest absolute Gasteiger partial charge is 0.346 e. The van der Waals surface area contributed by atoms with Crippen molar-refractivity contribution in [2.24, 2.45) is 0 Å². The first-order valence-electron chi connectivity index (χ1n) is 7.26. The number of rotatable bonds is 2. The summed E-state index contributed by atoms with van der Waals surface area (Å²) >= 11 is 3.35. The summed E-state index contributed by atoms with van der Waals surface area (Å²) in [6.07, 6.45) is 0.734. The molecule has 1 aliphatic rings. The molecular formula is C16H13BrFN5. The molecule has 1 N–H and O–H groups in total. The lowest BCUT2D eigenvalue weighted by Gasteiger charge is -2.31. The molecule has 1 aliphatic heterocycles. The van der Waals surface area contributed by atoms with E-state index in [1.807, 2.05) is 24.3 Å². The van der Waals surface area contributed by atoms with Crippen molar-refractivity contribution in [2.75, 3.05) is 5.32 Å². The van der Waals surface area contributed by atoms with Gasteiger partial charge in [0.1, 0.15) is 5.82 Å². The van der Waals surface area contributed by atoms with E-state index in [4.69, 9.17) is 0 Å². The summed E-state index contributed by atoms with van der Waals surface area (Å²) in [4.78, 5) is 0. The molecule has 0 saturated heterocycles. The summed E-state index contributed by atoms with van der Waals surface area (Å²) in [5.74, 6) is 0.327. The number of halogens is 2. The lowest BCUT2D eigenvalue weighted by Crippen LogP contribution is -2.28. The standard InChI is InChI=1S/C16H13BrFN5/c17-12-6-11(7-13(18)8-12)14-9-15(10-4-2-1-3-5-10)23-16(19-14)20-21-22-23/h1-8,14-15H,9H2,(H,19,20,22)/t14-,15+/m0/s1. The summed E-state index contributed by atoms with van der Waals surface area (Å²) < 4.78 is 16.2. The van der Waals surface area contributed by atoms with E-state index in [1.54, 1.807) is 10.7 Å². The van der Waals surface area contributed by atoms with Gasteiger partial charge in [0.15, 0.2) is 0 Å². The van der Waals surface area contributed by atoms with Gasteiger partial charge < -0.3 is 5.32 Å². The number of benzene rings is 2. The Morgan fingerprint density at radius 3 is 2.74 bits per heavy atom. The molecule has 116 valence electrons. The molecular weight excluding hydrogens is 361 g/mol. The highest BCUT2D eigenvalue weighted by Crippen LogP contribution is 2.37. The monoisotopic (exact) mass is 373 g/mol. The molecule has 0 unspecified atom stereocenters. The summed E-state index contributed by atoms with van der Waals surface area (Å²) in [5.41, 5.74) is 2.00. The Kier molecular flexibility index (Phi) is 3.57. The van der Waals surface area contributed by atoms with Gasteiger partial charge in [-0.2, -0.15) is 0 Å². The van der Waals surface area contributed by atoms with E-state index in [2.05, 4.69) is 48.9 Å². The predicted octanol–water partition coefficient (Wildman–Crippen LogP) is 3.72. The van der Waals surface area contributed by atoms with Crippen LogP contribution in [0.1, 0.15) is 29.6 Å². The first-order chi connectivity index (χ1) is 11.2. The van der Waals surface area contributed by atoms with Gasteiger partial charge in [-0.15, -0.1) is 0 Å². The van der Waals surface area contributed by atoms with Crippen LogP contribution in [0.4, 0.5) is 10.3 Å². The Hall–Kier alpha value is -2.28. The van der Waals surface area contributed by atoms with Crippen molar-refractivity contribution in [1.29, 1.82) is 0 Å². The Labute approximate surface area is 140 Å². The van der Waals surface area contributed by atoms with Crippen LogP contribution in [0.15, 0.2) is 53.0 Å². The number of hydrogen-bond acceptors (Lipinski definition) is 4. The number of hydrogen-bond donors (Lipinski definition) is 1. The quantitative estimate of drug-likeness (QED) is 0.743. The molecule has 0 fully saturated rings. The highest BCUT2D eigenvalue weighted by Gasteiger charge is 2.30. The predicted molar refractivity (Wildman–Crippen MR) is 87.5 cm³/mol. The molecule has 0 spiro atoms. The van der Waals surface area contributed by atoms with Crippen LogP contribution in [0.2, 0.25) is 0 Å². The lowest BCUT2D eigenvalue weighted by molar-refractivity contribution is 0.423. The fraction of sp³-hybridized carbons (Fsp3) is 0.188. The molecule has 0 radical (unpaired) electrons. The van der Waals surface area contributed by atoms with Crippen molar-refractivity contribution < 1.29 is 4.39 Å². The van der Waals surface area contributed by atoms with Gasteiger partial charge in [-0.25, -0.2) is 9.07 Å². The number of fused-ring (bicyclic) bond motifs is 1. The van der Waals surface area contributed by atoms with Crippen LogP contribution in [0.5, 0.6) is 0 Å². The van der Waals surface area contributed by atoms with E-state index >= 15 is 0 Å². The molecule has 0 bridgehead atoms. The Balaban J connectivity index is 1.75. The highest BCUT2D eigenvalue weighted by atomic mass is 79.9. The zero-order valence-corrected chi connectivity index (χ0v) is 13.6. The Morgan fingerprint density at radius 2 is 1.96 bits per heavy atom. The van der Waals surface area contributed by atoms with Gasteiger partial charge in [-0.05, 0) is 46.2 Å². The van der Waals surface area contributed by atoms with E-state index in [-0.39, 0.29) is 17.9 Å². The number of anilines is 1. The Morgan fingerprint density at radius 1 is 1.13 bits per heavy atom. The van der Waals surface area contributed by atoms with Gasteiger partial charge in [-0.1, -0.05) is 51.4 Å². The minimum atomic E-state index is -0.266. The van der Waals surface area contributed by atoms with E-state index in [1.165, 1.54) is 6.07 Å². The molecule has 23 heavy (non-hydrogen) atoms. The SMILES string of the molecule is Fc1cc(Br)cc([C@@H]2C[C@H](c3ccccc3)n3nnnc3N2)c1. The van der Waals surface area contributed by atoms with Gasteiger partial charge in [0.05, 0.1) is 12.1 Å². The minimum absolute atomic E-state index is 0.00879.